The maximum Gasteiger partial charge on any atom is 0.114 e. The fraction of sp³-hybridized carbons (Fsp3) is 1.00. The lowest BCUT2D eigenvalue weighted by molar-refractivity contribution is 0.00201. The van der Waals surface area contributed by atoms with Gasteiger partial charge in [-0.15, -0.1) is 24.8 Å². The number of aliphatic hydroxyl groups is 4. The van der Waals surface area contributed by atoms with Crippen molar-refractivity contribution in [1.82, 2.24) is 0 Å². The van der Waals surface area contributed by atoms with E-state index in [2.05, 4.69) is 0 Å². The Labute approximate surface area is 140 Å². The Morgan fingerprint density at radius 2 is 0.636 bits per heavy atom. The van der Waals surface area contributed by atoms with Gasteiger partial charge in [-0.2, -0.15) is 0 Å². The lowest BCUT2D eigenvalue weighted by Gasteiger charge is -2.09. The standard InChI is InChI=1S/2C6H10O4.2ClH/c2*7-3-1-9-6-4(8)2-10-5(3)6;;/h2*3-8H,1-2H2;2*1H/t2*3-,4-,5-,6-;;/m11../s1. The minimum Gasteiger partial charge on any atom is -0.388 e. The minimum atomic E-state index is -0.554. The lowest BCUT2D eigenvalue weighted by atomic mass is 10.1. The molecule has 0 aromatic rings. The molecule has 0 amide bonds. The summed E-state index contributed by atoms with van der Waals surface area (Å²) in [6, 6.07) is 0. The molecule has 4 N–H and O–H groups in total. The van der Waals surface area contributed by atoms with Gasteiger partial charge in [0.2, 0.25) is 0 Å². The van der Waals surface area contributed by atoms with Crippen molar-refractivity contribution < 1.29 is 39.4 Å². The van der Waals surface area contributed by atoms with Gasteiger partial charge in [-0.25, -0.2) is 0 Å². The van der Waals surface area contributed by atoms with Crippen LogP contribution in [0.25, 0.3) is 0 Å². The van der Waals surface area contributed by atoms with Crippen molar-refractivity contribution in [3.05, 3.63) is 0 Å². The van der Waals surface area contributed by atoms with E-state index < -0.39 is 24.4 Å². The van der Waals surface area contributed by atoms with Gasteiger partial charge in [0.1, 0.15) is 48.8 Å². The summed E-state index contributed by atoms with van der Waals surface area (Å²) in [5.74, 6) is 0. The summed E-state index contributed by atoms with van der Waals surface area (Å²) < 4.78 is 20.3. The van der Waals surface area contributed by atoms with Crippen molar-refractivity contribution in [2.75, 3.05) is 26.4 Å². The van der Waals surface area contributed by atoms with Crippen molar-refractivity contribution in [3.8, 4) is 0 Å². The summed E-state index contributed by atoms with van der Waals surface area (Å²) in [6.07, 6.45) is -3.40. The Morgan fingerprint density at radius 1 is 0.455 bits per heavy atom. The predicted molar refractivity (Wildman–Crippen MR) is 77.5 cm³/mol. The zero-order valence-corrected chi connectivity index (χ0v) is 13.3. The van der Waals surface area contributed by atoms with E-state index in [0.717, 1.165) is 0 Å². The van der Waals surface area contributed by atoms with Crippen molar-refractivity contribution >= 4 is 24.8 Å². The molecule has 4 rings (SSSR count). The third kappa shape index (κ3) is 3.84. The molecule has 8 nitrogen and oxygen atoms in total. The number of hydrogen-bond acceptors (Lipinski definition) is 8. The lowest BCUT2D eigenvalue weighted by Crippen LogP contribution is -2.30. The normalized spacial score (nSPS) is 48.5. The van der Waals surface area contributed by atoms with Crippen LogP contribution < -0.4 is 0 Å². The molecule has 4 aliphatic heterocycles. The van der Waals surface area contributed by atoms with E-state index in [-0.39, 0.29) is 75.7 Å². The topological polar surface area (TPSA) is 118 Å². The summed E-state index contributed by atoms with van der Waals surface area (Å²) >= 11 is 0. The van der Waals surface area contributed by atoms with E-state index in [4.69, 9.17) is 39.4 Å². The van der Waals surface area contributed by atoms with Gasteiger partial charge < -0.3 is 39.4 Å². The number of halogens is 2. The van der Waals surface area contributed by atoms with Gasteiger partial charge in [-0.3, -0.25) is 0 Å². The molecule has 0 aliphatic carbocycles. The van der Waals surface area contributed by atoms with Gasteiger partial charge in [-0.1, -0.05) is 0 Å². The van der Waals surface area contributed by atoms with E-state index in [9.17, 15) is 0 Å². The van der Waals surface area contributed by atoms with Gasteiger partial charge in [0, 0.05) is 0 Å². The molecule has 0 radical (unpaired) electrons. The monoisotopic (exact) mass is 364 g/mol. The Hall–Kier alpha value is 0.260. The van der Waals surface area contributed by atoms with Gasteiger partial charge in [0.05, 0.1) is 26.4 Å². The second-order valence-electron chi connectivity index (χ2n) is 5.46. The van der Waals surface area contributed by atoms with Crippen LogP contribution in [0, 0.1) is 0 Å². The van der Waals surface area contributed by atoms with E-state index >= 15 is 0 Å². The molecule has 4 heterocycles. The van der Waals surface area contributed by atoms with Crippen molar-refractivity contribution in [2.45, 2.75) is 48.8 Å². The smallest absolute Gasteiger partial charge is 0.114 e. The second kappa shape index (κ2) is 8.39. The zero-order chi connectivity index (χ0) is 14.3. The molecule has 4 saturated heterocycles. The Kier molecular flexibility index (Phi) is 7.74. The molecule has 4 aliphatic rings. The molecule has 22 heavy (non-hydrogen) atoms. The highest BCUT2D eigenvalue weighted by Gasteiger charge is 2.47. The van der Waals surface area contributed by atoms with E-state index in [1.54, 1.807) is 0 Å². The first-order valence-corrected chi connectivity index (χ1v) is 6.76. The molecule has 0 aromatic heterocycles. The average Bonchev–Trinajstić information content (AvgIpc) is 3.13. The van der Waals surface area contributed by atoms with Crippen LogP contribution in [0.5, 0.6) is 0 Å². The largest absolute Gasteiger partial charge is 0.388 e. The number of fused-ring (bicyclic) bond motifs is 2. The molecular formula is C12H22Cl2O8. The molecule has 10 heteroatoms. The number of aliphatic hydroxyl groups excluding tert-OH is 4. The highest BCUT2D eigenvalue weighted by Crippen LogP contribution is 2.27. The summed E-state index contributed by atoms with van der Waals surface area (Å²) in [6.45, 7) is 1.14. The highest BCUT2D eigenvalue weighted by molar-refractivity contribution is 5.85. The van der Waals surface area contributed by atoms with Crippen LogP contribution in [0.4, 0.5) is 0 Å². The predicted octanol–water partition coefficient (Wildman–Crippen LogP) is -2.14. The van der Waals surface area contributed by atoms with Crippen LogP contribution >= 0.6 is 24.8 Å². The summed E-state index contributed by atoms with van der Waals surface area (Å²) in [5.41, 5.74) is 0. The van der Waals surface area contributed by atoms with Crippen LogP contribution in [-0.2, 0) is 18.9 Å². The summed E-state index contributed by atoms with van der Waals surface area (Å²) in [7, 11) is 0. The quantitative estimate of drug-likeness (QED) is 0.384. The molecule has 0 bridgehead atoms. The van der Waals surface area contributed by atoms with Crippen LogP contribution in [0.3, 0.4) is 0 Å². The molecule has 0 aromatic carbocycles. The number of rotatable bonds is 0. The molecular weight excluding hydrogens is 343 g/mol. The number of hydrogen-bond donors (Lipinski definition) is 4. The fourth-order valence-corrected chi connectivity index (χ4v) is 2.92. The first kappa shape index (κ1) is 20.3. The van der Waals surface area contributed by atoms with Crippen LogP contribution in [0.1, 0.15) is 0 Å². The Balaban J connectivity index is 0.000000202. The molecule has 0 spiro atoms. The van der Waals surface area contributed by atoms with Gasteiger partial charge >= 0.3 is 0 Å². The first-order valence-electron chi connectivity index (χ1n) is 6.76. The van der Waals surface area contributed by atoms with Gasteiger partial charge in [-0.05, 0) is 0 Å². The van der Waals surface area contributed by atoms with Crippen molar-refractivity contribution in [2.24, 2.45) is 0 Å². The van der Waals surface area contributed by atoms with Crippen LogP contribution in [-0.4, -0.2) is 95.7 Å². The average molecular weight is 365 g/mol. The number of ether oxygens (including phenoxy) is 4. The second-order valence-corrected chi connectivity index (χ2v) is 5.46. The van der Waals surface area contributed by atoms with Crippen LogP contribution in [0.2, 0.25) is 0 Å². The maximum absolute atomic E-state index is 9.16. The third-order valence-corrected chi connectivity index (χ3v) is 4.00. The van der Waals surface area contributed by atoms with Gasteiger partial charge in [0.15, 0.2) is 0 Å². The zero-order valence-electron chi connectivity index (χ0n) is 11.7. The Bertz CT molecular complexity index is 285. The Morgan fingerprint density at radius 3 is 0.818 bits per heavy atom. The van der Waals surface area contributed by atoms with E-state index in [0.29, 0.717) is 0 Å². The molecule has 4 fully saturated rings. The van der Waals surface area contributed by atoms with E-state index in [1.165, 1.54) is 0 Å². The third-order valence-electron chi connectivity index (χ3n) is 4.00. The summed E-state index contributed by atoms with van der Waals surface area (Å²) in [4.78, 5) is 0. The SMILES string of the molecule is Cl.Cl.O[C@@H]1CO[C@H]2[C@@H]1OC[C@H]2O.O[C@@H]1CO[C@H]2[C@@H]1OC[C@H]2O. The van der Waals surface area contributed by atoms with Crippen molar-refractivity contribution in [1.29, 1.82) is 0 Å². The molecule has 0 saturated carbocycles. The van der Waals surface area contributed by atoms with E-state index in [1.807, 2.05) is 0 Å². The van der Waals surface area contributed by atoms with Crippen LogP contribution in [0.15, 0.2) is 0 Å². The molecule has 0 unspecified atom stereocenters. The van der Waals surface area contributed by atoms with Gasteiger partial charge in [0.25, 0.3) is 0 Å². The first-order chi connectivity index (χ1) is 9.58. The molecule has 132 valence electrons. The molecule has 8 atom stereocenters. The minimum absolute atomic E-state index is 0. The maximum atomic E-state index is 9.16. The van der Waals surface area contributed by atoms with Crippen molar-refractivity contribution in [3.63, 3.8) is 0 Å². The highest BCUT2D eigenvalue weighted by atomic mass is 35.5. The summed E-state index contributed by atoms with van der Waals surface area (Å²) in [5, 5.41) is 36.6. The fourth-order valence-electron chi connectivity index (χ4n) is 2.92.